The van der Waals surface area contributed by atoms with Gasteiger partial charge in [0.1, 0.15) is 0 Å². The van der Waals surface area contributed by atoms with E-state index in [9.17, 15) is 8.42 Å². The molecule has 78 valence electrons. The van der Waals surface area contributed by atoms with E-state index in [1.165, 1.54) is 6.20 Å². The average molecular weight is 286 g/mol. The van der Waals surface area contributed by atoms with Crippen molar-refractivity contribution in [1.82, 2.24) is 0 Å². The number of aryl methyl sites for hydroxylation is 1. The van der Waals surface area contributed by atoms with E-state index < -0.39 is 9.84 Å². The van der Waals surface area contributed by atoms with Gasteiger partial charge in [0.15, 0.2) is 0 Å². The van der Waals surface area contributed by atoms with Crippen LogP contribution in [0.3, 0.4) is 0 Å². The molecule has 15 heavy (non-hydrogen) atoms. The second kappa shape index (κ2) is 3.57. The van der Waals surface area contributed by atoms with Crippen LogP contribution in [0.25, 0.3) is 4.91 Å². The molecule has 1 aliphatic rings. The monoisotopic (exact) mass is 285 g/mol. The zero-order chi connectivity index (χ0) is 11.1. The average Bonchev–Trinajstić information content (AvgIpc) is 2.44. The fraction of sp³-hybridized carbons (Fsp3) is 0.100. The summed E-state index contributed by atoms with van der Waals surface area (Å²) < 4.78 is 23.4. The van der Waals surface area contributed by atoms with Crippen LogP contribution in [0, 0.1) is 6.92 Å². The third kappa shape index (κ3) is 1.77. The van der Waals surface area contributed by atoms with Crippen molar-refractivity contribution in [3.63, 3.8) is 0 Å². The molecule has 1 aromatic rings. The maximum absolute atomic E-state index is 11.7. The van der Waals surface area contributed by atoms with Crippen molar-refractivity contribution < 1.29 is 8.42 Å². The third-order valence-corrected chi connectivity index (χ3v) is 5.08. The Morgan fingerprint density at radius 3 is 2.27 bits per heavy atom. The molecule has 0 fully saturated rings. The highest BCUT2D eigenvalue weighted by atomic mass is 79.9. The van der Waals surface area contributed by atoms with E-state index in [1.54, 1.807) is 12.1 Å². The van der Waals surface area contributed by atoms with Gasteiger partial charge in [0, 0.05) is 6.20 Å². The maximum Gasteiger partial charge on any atom is 0.232 e. The topological polar surface area (TPSA) is 46.5 Å². The molecule has 0 amide bonds. The van der Waals surface area contributed by atoms with E-state index in [0.717, 1.165) is 5.56 Å². The first-order chi connectivity index (χ1) is 7.01. The molecule has 5 heteroatoms. The number of hydrogen-bond acceptors (Lipinski definition) is 3. The molecule has 1 heterocycles. The summed E-state index contributed by atoms with van der Waals surface area (Å²) in [6.07, 6.45) is 1.37. The molecule has 0 bridgehead atoms. The van der Waals surface area contributed by atoms with E-state index in [4.69, 9.17) is 0 Å². The van der Waals surface area contributed by atoms with Crippen LogP contribution in [-0.4, -0.2) is 12.4 Å². The van der Waals surface area contributed by atoms with Gasteiger partial charge in [0.25, 0.3) is 0 Å². The second-order valence-electron chi connectivity index (χ2n) is 3.24. The molecular weight excluding hydrogens is 278 g/mol. The third-order valence-electron chi connectivity index (χ3n) is 2.13. The van der Waals surface area contributed by atoms with E-state index in [-0.39, 0.29) is 8.86 Å². The molecular formula is C10H8BrNO2S. The Labute approximate surface area is 96.6 Å². The number of rotatable bonds is 1. The van der Waals surface area contributed by atoms with Crippen molar-refractivity contribution in [2.24, 2.45) is 4.99 Å². The van der Waals surface area contributed by atoms with Gasteiger partial charge in [0.05, 0.1) is 4.91 Å². The number of aliphatic imine (C=N–C) groups is 1. The minimum absolute atomic E-state index is 0.0226. The summed E-state index contributed by atoms with van der Waals surface area (Å²) in [6.45, 7) is 1.95. The molecule has 3 nitrogen and oxygen atoms in total. The van der Waals surface area contributed by atoms with E-state index in [1.807, 2.05) is 19.1 Å². The Hall–Kier alpha value is -0.940. The molecule has 0 aliphatic carbocycles. The van der Waals surface area contributed by atoms with Crippen LogP contribution in [-0.2, 0) is 9.84 Å². The molecule has 0 atom stereocenters. The SMILES string of the molecule is Cc1ccc(C2=CN=C(Br)S2(=O)=O)cc1. The molecule has 0 N–H and O–H groups in total. The van der Waals surface area contributed by atoms with Crippen molar-refractivity contribution in [3.05, 3.63) is 41.6 Å². The largest absolute Gasteiger partial charge is 0.236 e. The highest BCUT2D eigenvalue weighted by molar-refractivity contribution is 9.22. The molecule has 0 aromatic heterocycles. The summed E-state index contributed by atoms with van der Waals surface area (Å²) >= 11 is 2.92. The van der Waals surface area contributed by atoms with Crippen molar-refractivity contribution in [3.8, 4) is 0 Å². The number of halogens is 1. The van der Waals surface area contributed by atoms with Gasteiger partial charge in [0.2, 0.25) is 13.8 Å². The molecule has 0 saturated heterocycles. The van der Waals surface area contributed by atoms with Gasteiger partial charge in [-0.3, -0.25) is 0 Å². The van der Waals surface area contributed by atoms with Crippen LogP contribution in [0.4, 0.5) is 0 Å². The molecule has 0 radical (unpaired) electrons. The van der Waals surface area contributed by atoms with Crippen molar-refractivity contribution in [2.45, 2.75) is 6.92 Å². The predicted molar refractivity (Wildman–Crippen MR) is 64.4 cm³/mol. The van der Waals surface area contributed by atoms with Gasteiger partial charge >= 0.3 is 0 Å². The van der Waals surface area contributed by atoms with Crippen LogP contribution in [0.5, 0.6) is 0 Å². The molecule has 0 unspecified atom stereocenters. The van der Waals surface area contributed by atoms with Gasteiger partial charge in [-0.1, -0.05) is 29.8 Å². The molecule has 2 rings (SSSR count). The van der Waals surface area contributed by atoms with Crippen LogP contribution in [0.2, 0.25) is 0 Å². The Balaban J connectivity index is 2.49. The van der Waals surface area contributed by atoms with Crippen molar-refractivity contribution in [1.29, 1.82) is 0 Å². The summed E-state index contributed by atoms with van der Waals surface area (Å²) in [4.78, 5) is 4.00. The predicted octanol–water partition coefficient (Wildman–Crippen LogP) is 2.47. The smallest absolute Gasteiger partial charge is 0.232 e. The molecule has 0 saturated carbocycles. The van der Waals surface area contributed by atoms with E-state index >= 15 is 0 Å². The Bertz CT molecular complexity index is 556. The molecule has 1 aromatic carbocycles. The Morgan fingerprint density at radius 1 is 1.20 bits per heavy atom. The molecule has 1 aliphatic heterocycles. The van der Waals surface area contributed by atoms with Crippen LogP contribution >= 0.6 is 15.9 Å². The quantitative estimate of drug-likeness (QED) is 0.796. The Morgan fingerprint density at radius 2 is 1.80 bits per heavy atom. The minimum atomic E-state index is -3.40. The standard InChI is InChI=1S/C10H8BrNO2S/c1-7-2-4-8(5-3-7)9-6-12-10(11)15(9,13)14/h2-6H,1H3. The lowest BCUT2D eigenvalue weighted by Gasteiger charge is -2.02. The lowest BCUT2D eigenvalue weighted by molar-refractivity contribution is 0.617. The van der Waals surface area contributed by atoms with E-state index in [0.29, 0.717) is 5.56 Å². The first kappa shape index (κ1) is 10.6. The van der Waals surface area contributed by atoms with Crippen LogP contribution in [0.1, 0.15) is 11.1 Å². The lowest BCUT2D eigenvalue weighted by Crippen LogP contribution is -2.05. The van der Waals surface area contributed by atoms with Crippen molar-refractivity contribution >= 4 is 34.6 Å². The fourth-order valence-corrected chi connectivity index (χ4v) is 2.92. The lowest BCUT2D eigenvalue weighted by atomic mass is 10.1. The summed E-state index contributed by atoms with van der Waals surface area (Å²) in [5.74, 6) is 0. The Kier molecular flexibility index (Phi) is 2.52. The highest BCUT2D eigenvalue weighted by Crippen LogP contribution is 2.29. The highest BCUT2D eigenvalue weighted by Gasteiger charge is 2.28. The number of nitrogens with zero attached hydrogens (tertiary/aromatic N) is 1. The van der Waals surface area contributed by atoms with E-state index in [2.05, 4.69) is 20.9 Å². The molecule has 0 spiro atoms. The summed E-state index contributed by atoms with van der Waals surface area (Å²) in [6, 6.07) is 7.30. The zero-order valence-electron chi connectivity index (χ0n) is 7.94. The zero-order valence-corrected chi connectivity index (χ0v) is 10.3. The number of benzene rings is 1. The van der Waals surface area contributed by atoms with Gasteiger partial charge in [-0.05, 0) is 28.4 Å². The van der Waals surface area contributed by atoms with Gasteiger partial charge in [-0.25, -0.2) is 13.4 Å². The first-order valence-corrected chi connectivity index (χ1v) is 6.55. The summed E-state index contributed by atoms with van der Waals surface area (Å²) in [5.41, 5.74) is 1.76. The van der Waals surface area contributed by atoms with Crippen molar-refractivity contribution in [2.75, 3.05) is 0 Å². The maximum atomic E-state index is 11.7. The number of sulfone groups is 1. The summed E-state index contributed by atoms with van der Waals surface area (Å²) in [7, 11) is -3.40. The number of hydrogen-bond donors (Lipinski definition) is 0. The van der Waals surface area contributed by atoms with Crippen LogP contribution < -0.4 is 0 Å². The van der Waals surface area contributed by atoms with Crippen LogP contribution in [0.15, 0.2) is 35.5 Å². The van der Waals surface area contributed by atoms with Gasteiger partial charge < -0.3 is 0 Å². The second-order valence-corrected chi connectivity index (χ2v) is 6.35. The fourth-order valence-electron chi connectivity index (χ4n) is 1.29. The first-order valence-electron chi connectivity index (χ1n) is 4.27. The minimum Gasteiger partial charge on any atom is -0.236 e. The van der Waals surface area contributed by atoms with Gasteiger partial charge in [-0.15, -0.1) is 0 Å². The normalized spacial score (nSPS) is 18.5. The summed E-state index contributed by atoms with van der Waals surface area (Å²) in [5, 5.41) is 0. The van der Waals surface area contributed by atoms with Gasteiger partial charge in [-0.2, -0.15) is 0 Å².